The Balaban J connectivity index is 1.83. The zero-order valence-electron chi connectivity index (χ0n) is 10.8. The topological polar surface area (TPSA) is 0 Å². The molecule has 0 N–H and O–H groups in total. The molecule has 2 fully saturated rings. The van der Waals surface area contributed by atoms with Crippen molar-refractivity contribution in [3.05, 3.63) is 0 Å². The average Bonchev–Trinajstić information content (AvgIpc) is 2.97. The molecule has 0 heterocycles. The highest BCUT2D eigenvalue weighted by Gasteiger charge is 2.32. The van der Waals surface area contributed by atoms with Crippen molar-refractivity contribution in [1.82, 2.24) is 0 Å². The van der Waals surface area contributed by atoms with Gasteiger partial charge in [0.15, 0.2) is 0 Å². The van der Waals surface area contributed by atoms with Crippen LogP contribution in [-0.4, -0.2) is 6.16 Å². The maximum Gasteiger partial charge on any atom is -0.0357 e. The fraction of sp³-hybridized carbons (Fsp3) is 1.00. The Hall–Kier alpha value is 0.430. The van der Waals surface area contributed by atoms with Crippen LogP contribution < -0.4 is 0 Å². The van der Waals surface area contributed by atoms with Gasteiger partial charge in [-0.15, -0.1) is 9.24 Å². The van der Waals surface area contributed by atoms with Crippen LogP contribution in [0.1, 0.15) is 70.6 Å². The van der Waals surface area contributed by atoms with Gasteiger partial charge in [-0.25, -0.2) is 0 Å². The van der Waals surface area contributed by atoms with E-state index in [0.717, 1.165) is 17.8 Å². The molecule has 2 saturated carbocycles. The minimum atomic E-state index is 1.11. The van der Waals surface area contributed by atoms with E-state index in [4.69, 9.17) is 0 Å². The summed E-state index contributed by atoms with van der Waals surface area (Å²) < 4.78 is 0. The third kappa shape index (κ3) is 3.46. The molecule has 0 amide bonds. The number of hydrogen-bond acceptors (Lipinski definition) is 0. The normalized spacial score (nSPS) is 23.6. The van der Waals surface area contributed by atoms with Crippen LogP contribution in [0.3, 0.4) is 0 Å². The predicted octanol–water partition coefficient (Wildman–Crippen LogP) is 5.03. The lowest BCUT2D eigenvalue weighted by Crippen LogP contribution is -2.20. The van der Waals surface area contributed by atoms with Crippen LogP contribution >= 0.6 is 9.24 Å². The molecule has 1 atom stereocenters. The van der Waals surface area contributed by atoms with E-state index in [2.05, 4.69) is 9.24 Å². The summed E-state index contributed by atoms with van der Waals surface area (Å²) in [6, 6.07) is 0. The molecule has 0 radical (unpaired) electrons. The van der Waals surface area contributed by atoms with Crippen LogP contribution in [0, 0.1) is 17.8 Å². The van der Waals surface area contributed by atoms with Crippen molar-refractivity contribution >= 4 is 9.24 Å². The summed E-state index contributed by atoms with van der Waals surface area (Å²) in [7, 11) is 2.88. The first-order valence-electron chi connectivity index (χ1n) is 7.62. The molecule has 0 nitrogen and oxygen atoms in total. The zero-order valence-corrected chi connectivity index (χ0v) is 11.9. The van der Waals surface area contributed by atoms with E-state index < -0.39 is 0 Å². The molecule has 0 bridgehead atoms. The van der Waals surface area contributed by atoms with E-state index in [1.165, 1.54) is 44.7 Å². The van der Waals surface area contributed by atoms with Crippen LogP contribution in [0.4, 0.5) is 0 Å². The highest BCUT2D eigenvalue weighted by atomic mass is 31.0. The monoisotopic (exact) mass is 240 g/mol. The Kier molecular flexibility index (Phi) is 5.63. The first-order chi connectivity index (χ1) is 7.92. The van der Waals surface area contributed by atoms with E-state index >= 15 is 0 Å². The van der Waals surface area contributed by atoms with E-state index in [0.29, 0.717) is 0 Å². The van der Waals surface area contributed by atoms with Gasteiger partial charge >= 0.3 is 0 Å². The van der Waals surface area contributed by atoms with Crippen molar-refractivity contribution < 1.29 is 0 Å². The van der Waals surface area contributed by atoms with Gasteiger partial charge in [-0.2, -0.15) is 0 Å². The minimum absolute atomic E-state index is 1.11. The molecule has 94 valence electrons. The summed E-state index contributed by atoms with van der Waals surface area (Å²) in [4.78, 5) is 0. The van der Waals surface area contributed by atoms with Crippen LogP contribution in [0.5, 0.6) is 0 Å². The molecule has 16 heavy (non-hydrogen) atoms. The molecule has 0 aromatic rings. The van der Waals surface area contributed by atoms with Gasteiger partial charge in [-0.3, -0.25) is 0 Å². The quantitative estimate of drug-likeness (QED) is 0.451. The summed E-state index contributed by atoms with van der Waals surface area (Å²) >= 11 is 0. The molecule has 0 spiro atoms. The van der Waals surface area contributed by atoms with Crippen LogP contribution in [0.25, 0.3) is 0 Å². The van der Waals surface area contributed by atoms with Gasteiger partial charge in [-0.05, 0) is 36.8 Å². The highest BCUT2D eigenvalue weighted by molar-refractivity contribution is 7.16. The lowest BCUT2D eigenvalue weighted by molar-refractivity contribution is 0.211. The van der Waals surface area contributed by atoms with Gasteiger partial charge in [0.05, 0.1) is 0 Å². The van der Waals surface area contributed by atoms with Crippen LogP contribution in [0.15, 0.2) is 0 Å². The minimum Gasteiger partial charge on any atom is -0.138 e. The molecule has 0 aromatic heterocycles. The SMILES string of the molecule is PCCCCC(C1CCCC1)C1CCCC1. The first-order valence-corrected chi connectivity index (χ1v) is 8.43. The smallest absolute Gasteiger partial charge is 0.0357 e. The second-order valence-electron chi connectivity index (χ2n) is 6.04. The van der Waals surface area contributed by atoms with Crippen molar-refractivity contribution in [3.8, 4) is 0 Å². The number of hydrogen-bond donors (Lipinski definition) is 0. The van der Waals surface area contributed by atoms with Crippen molar-refractivity contribution in [2.24, 2.45) is 17.8 Å². The molecular formula is C15H29P. The molecule has 2 aliphatic carbocycles. The van der Waals surface area contributed by atoms with Gasteiger partial charge < -0.3 is 0 Å². The third-order valence-corrected chi connectivity index (χ3v) is 5.41. The van der Waals surface area contributed by atoms with E-state index in [9.17, 15) is 0 Å². The van der Waals surface area contributed by atoms with Crippen molar-refractivity contribution in [2.45, 2.75) is 70.6 Å². The Bertz CT molecular complexity index is 162. The van der Waals surface area contributed by atoms with E-state index in [-0.39, 0.29) is 0 Å². The Morgan fingerprint density at radius 3 is 1.75 bits per heavy atom. The maximum absolute atomic E-state index is 2.88. The molecule has 1 heteroatoms. The molecular weight excluding hydrogens is 211 g/mol. The Labute approximate surface area is 104 Å². The lowest BCUT2D eigenvalue weighted by Gasteiger charge is -2.29. The van der Waals surface area contributed by atoms with Crippen molar-refractivity contribution in [2.75, 3.05) is 6.16 Å². The van der Waals surface area contributed by atoms with Crippen molar-refractivity contribution in [3.63, 3.8) is 0 Å². The summed E-state index contributed by atoms with van der Waals surface area (Å²) in [5.41, 5.74) is 0. The standard InChI is InChI=1S/C15H29P/c16-12-6-5-11-15(13-7-1-2-8-13)14-9-3-4-10-14/h13-15H,1-12,16H2. The summed E-state index contributed by atoms with van der Waals surface area (Å²) in [5.74, 6) is 3.35. The predicted molar refractivity (Wildman–Crippen MR) is 75.8 cm³/mol. The largest absolute Gasteiger partial charge is 0.138 e. The summed E-state index contributed by atoms with van der Waals surface area (Å²) in [5, 5.41) is 0. The number of unbranched alkanes of at least 4 members (excludes halogenated alkanes) is 1. The fourth-order valence-electron chi connectivity index (χ4n) is 4.15. The van der Waals surface area contributed by atoms with Gasteiger partial charge in [0.25, 0.3) is 0 Å². The van der Waals surface area contributed by atoms with E-state index in [1.54, 1.807) is 32.1 Å². The fourth-order valence-corrected chi connectivity index (χ4v) is 4.44. The Morgan fingerprint density at radius 2 is 1.31 bits per heavy atom. The first kappa shape index (κ1) is 12.9. The molecule has 0 saturated heterocycles. The second-order valence-corrected chi connectivity index (χ2v) is 6.61. The van der Waals surface area contributed by atoms with Crippen molar-refractivity contribution in [1.29, 1.82) is 0 Å². The second kappa shape index (κ2) is 7.00. The van der Waals surface area contributed by atoms with Gasteiger partial charge in [0, 0.05) is 0 Å². The third-order valence-electron chi connectivity index (χ3n) is 5.00. The van der Waals surface area contributed by atoms with Crippen LogP contribution in [0.2, 0.25) is 0 Å². The van der Waals surface area contributed by atoms with Gasteiger partial charge in [0.1, 0.15) is 0 Å². The molecule has 1 unspecified atom stereocenters. The molecule has 0 aliphatic heterocycles. The number of rotatable bonds is 6. The maximum atomic E-state index is 2.88. The molecule has 0 aromatic carbocycles. The average molecular weight is 240 g/mol. The van der Waals surface area contributed by atoms with Gasteiger partial charge in [-0.1, -0.05) is 57.8 Å². The lowest BCUT2D eigenvalue weighted by atomic mass is 9.76. The molecule has 2 rings (SSSR count). The Morgan fingerprint density at radius 1 is 0.812 bits per heavy atom. The van der Waals surface area contributed by atoms with Gasteiger partial charge in [0.2, 0.25) is 0 Å². The highest BCUT2D eigenvalue weighted by Crippen LogP contribution is 2.43. The van der Waals surface area contributed by atoms with Crippen LogP contribution in [-0.2, 0) is 0 Å². The summed E-state index contributed by atoms with van der Waals surface area (Å²) in [6.07, 6.45) is 18.1. The molecule has 2 aliphatic rings. The van der Waals surface area contributed by atoms with E-state index in [1.807, 2.05) is 0 Å². The zero-order chi connectivity index (χ0) is 11.2. The summed E-state index contributed by atoms with van der Waals surface area (Å²) in [6.45, 7) is 0.